The SMILES string of the molecule is COc1cc(N)c(C(=O)NCc2ccnn2C)cc1OC. The van der Waals surface area contributed by atoms with E-state index in [1.807, 2.05) is 13.1 Å². The maximum Gasteiger partial charge on any atom is 0.253 e. The summed E-state index contributed by atoms with van der Waals surface area (Å²) in [4.78, 5) is 12.2. The fraction of sp³-hybridized carbons (Fsp3) is 0.286. The predicted molar refractivity (Wildman–Crippen MR) is 78.3 cm³/mol. The molecule has 21 heavy (non-hydrogen) atoms. The quantitative estimate of drug-likeness (QED) is 0.800. The second-order valence-electron chi connectivity index (χ2n) is 4.42. The van der Waals surface area contributed by atoms with E-state index in [0.29, 0.717) is 29.3 Å². The summed E-state index contributed by atoms with van der Waals surface area (Å²) in [5.74, 6) is 0.658. The van der Waals surface area contributed by atoms with Gasteiger partial charge in [-0.1, -0.05) is 0 Å². The summed E-state index contributed by atoms with van der Waals surface area (Å²) in [6.45, 7) is 0.364. The molecule has 0 unspecified atom stereocenters. The minimum absolute atomic E-state index is 0.283. The molecule has 0 saturated carbocycles. The maximum absolute atomic E-state index is 12.2. The highest BCUT2D eigenvalue weighted by atomic mass is 16.5. The maximum atomic E-state index is 12.2. The highest BCUT2D eigenvalue weighted by Gasteiger charge is 2.15. The minimum atomic E-state index is -0.283. The molecule has 2 rings (SSSR count). The number of nitrogens with two attached hydrogens (primary N) is 1. The van der Waals surface area contributed by atoms with E-state index < -0.39 is 0 Å². The number of hydrogen-bond acceptors (Lipinski definition) is 5. The number of hydrogen-bond donors (Lipinski definition) is 2. The molecule has 0 fully saturated rings. The van der Waals surface area contributed by atoms with E-state index in [4.69, 9.17) is 15.2 Å². The molecule has 1 aromatic carbocycles. The summed E-state index contributed by atoms with van der Waals surface area (Å²) in [7, 11) is 4.83. The normalized spacial score (nSPS) is 10.2. The highest BCUT2D eigenvalue weighted by molar-refractivity contribution is 6.00. The Hall–Kier alpha value is -2.70. The van der Waals surface area contributed by atoms with E-state index in [0.717, 1.165) is 5.69 Å². The van der Waals surface area contributed by atoms with Gasteiger partial charge in [0.15, 0.2) is 11.5 Å². The van der Waals surface area contributed by atoms with Crippen molar-refractivity contribution in [2.45, 2.75) is 6.54 Å². The van der Waals surface area contributed by atoms with Crippen LogP contribution in [0.4, 0.5) is 5.69 Å². The van der Waals surface area contributed by atoms with Crippen LogP contribution >= 0.6 is 0 Å². The highest BCUT2D eigenvalue weighted by Crippen LogP contribution is 2.31. The molecular formula is C14H18N4O3. The third-order valence-corrected chi connectivity index (χ3v) is 3.15. The first-order valence-electron chi connectivity index (χ1n) is 6.33. The van der Waals surface area contributed by atoms with E-state index in [9.17, 15) is 4.79 Å². The molecule has 7 nitrogen and oxygen atoms in total. The van der Waals surface area contributed by atoms with Crippen LogP contribution in [0.3, 0.4) is 0 Å². The van der Waals surface area contributed by atoms with Gasteiger partial charge in [-0.3, -0.25) is 9.48 Å². The summed E-state index contributed by atoms with van der Waals surface area (Å²) < 4.78 is 12.0. The minimum Gasteiger partial charge on any atom is -0.493 e. The summed E-state index contributed by atoms with van der Waals surface area (Å²) >= 11 is 0. The van der Waals surface area contributed by atoms with Gasteiger partial charge >= 0.3 is 0 Å². The van der Waals surface area contributed by atoms with Crippen LogP contribution in [0.1, 0.15) is 16.1 Å². The van der Waals surface area contributed by atoms with E-state index in [2.05, 4.69) is 10.4 Å². The van der Waals surface area contributed by atoms with E-state index in [1.165, 1.54) is 14.2 Å². The van der Waals surface area contributed by atoms with Crippen molar-refractivity contribution in [3.05, 3.63) is 35.7 Å². The standard InChI is InChI=1S/C14H18N4O3/c1-18-9(4-5-17-18)8-16-14(19)10-6-12(20-2)13(21-3)7-11(10)15/h4-7H,8,15H2,1-3H3,(H,16,19). The van der Waals surface area contributed by atoms with E-state index >= 15 is 0 Å². The van der Waals surface area contributed by atoms with E-state index in [-0.39, 0.29) is 5.91 Å². The lowest BCUT2D eigenvalue weighted by atomic mass is 10.1. The zero-order valence-electron chi connectivity index (χ0n) is 12.2. The van der Waals surface area contributed by atoms with Crippen LogP contribution in [0.15, 0.2) is 24.4 Å². The Balaban J connectivity index is 2.17. The van der Waals surface area contributed by atoms with Gasteiger partial charge in [0.1, 0.15) is 0 Å². The zero-order valence-corrected chi connectivity index (χ0v) is 12.2. The molecule has 3 N–H and O–H groups in total. The van der Waals surface area contributed by atoms with Crippen molar-refractivity contribution in [2.75, 3.05) is 20.0 Å². The Bertz CT molecular complexity index is 652. The fourth-order valence-electron chi connectivity index (χ4n) is 1.93. The number of rotatable bonds is 5. The van der Waals surface area contributed by atoms with Crippen LogP contribution in [0.2, 0.25) is 0 Å². The van der Waals surface area contributed by atoms with Crippen molar-refractivity contribution >= 4 is 11.6 Å². The lowest BCUT2D eigenvalue weighted by molar-refractivity contribution is 0.0950. The number of carbonyl (C=O) groups is 1. The molecule has 0 aliphatic carbocycles. The summed E-state index contributed by atoms with van der Waals surface area (Å²) in [5.41, 5.74) is 7.45. The number of carbonyl (C=O) groups excluding carboxylic acids is 1. The monoisotopic (exact) mass is 290 g/mol. The van der Waals surface area contributed by atoms with Gasteiger partial charge in [0.05, 0.1) is 32.0 Å². The molecule has 112 valence electrons. The van der Waals surface area contributed by atoms with Crippen molar-refractivity contribution in [3.8, 4) is 11.5 Å². The number of benzene rings is 1. The summed E-state index contributed by atoms with van der Waals surface area (Å²) in [6.07, 6.45) is 1.67. The predicted octanol–water partition coefficient (Wildman–Crippen LogP) is 0.949. The largest absolute Gasteiger partial charge is 0.493 e. The molecule has 0 spiro atoms. The molecule has 2 aromatic rings. The molecule has 0 aliphatic rings. The van der Waals surface area contributed by atoms with Gasteiger partial charge in [-0.15, -0.1) is 0 Å². The van der Waals surface area contributed by atoms with E-state index in [1.54, 1.807) is 23.0 Å². The van der Waals surface area contributed by atoms with Gasteiger partial charge in [-0.2, -0.15) is 5.10 Å². The Morgan fingerprint density at radius 2 is 2.00 bits per heavy atom. The van der Waals surface area contributed by atoms with Crippen molar-refractivity contribution in [1.29, 1.82) is 0 Å². The number of nitrogens with zero attached hydrogens (tertiary/aromatic N) is 2. The first-order chi connectivity index (χ1) is 10.1. The number of nitrogens with one attached hydrogen (secondary N) is 1. The van der Waals surface area contributed by atoms with Crippen LogP contribution < -0.4 is 20.5 Å². The van der Waals surface area contributed by atoms with Gasteiger partial charge < -0.3 is 20.5 Å². The molecule has 1 aromatic heterocycles. The lowest BCUT2D eigenvalue weighted by Gasteiger charge is -2.12. The van der Waals surface area contributed by atoms with Crippen molar-refractivity contribution in [3.63, 3.8) is 0 Å². The number of anilines is 1. The third-order valence-electron chi connectivity index (χ3n) is 3.15. The molecule has 0 atom stereocenters. The van der Waals surface area contributed by atoms with Crippen molar-refractivity contribution in [1.82, 2.24) is 15.1 Å². The first-order valence-corrected chi connectivity index (χ1v) is 6.33. The molecular weight excluding hydrogens is 272 g/mol. The molecule has 1 heterocycles. The van der Waals surface area contributed by atoms with Crippen LogP contribution in [-0.2, 0) is 13.6 Å². The molecule has 0 aliphatic heterocycles. The molecule has 7 heteroatoms. The van der Waals surface area contributed by atoms with Crippen molar-refractivity contribution < 1.29 is 14.3 Å². The Labute approximate surface area is 122 Å². The number of aryl methyl sites for hydroxylation is 1. The Kier molecular flexibility index (Phi) is 4.32. The van der Waals surface area contributed by atoms with Gasteiger partial charge in [0, 0.05) is 25.0 Å². The summed E-state index contributed by atoms with van der Waals surface area (Å²) in [5, 5.41) is 6.83. The van der Waals surface area contributed by atoms with Crippen LogP contribution in [0, 0.1) is 0 Å². The number of methoxy groups -OCH3 is 2. The molecule has 0 saturated heterocycles. The lowest BCUT2D eigenvalue weighted by Crippen LogP contribution is -2.25. The second-order valence-corrected chi connectivity index (χ2v) is 4.42. The van der Waals surface area contributed by atoms with Gasteiger partial charge in [0.2, 0.25) is 0 Å². The molecule has 0 bridgehead atoms. The number of amides is 1. The van der Waals surface area contributed by atoms with Crippen molar-refractivity contribution in [2.24, 2.45) is 7.05 Å². The number of ether oxygens (including phenoxy) is 2. The van der Waals surface area contributed by atoms with Gasteiger partial charge in [0.25, 0.3) is 5.91 Å². The molecule has 1 amide bonds. The average Bonchev–Trinajstić information content (AvgIpc) is 2.89. The van der Waals surface area contributed by atoms with Gasteiger partial charge in [-0.05, 0) is 12.1 Å². The van der Waals surface area contributed by atoms with Crippen LogP contribution in [0.5, 0.6) is 11.5 Å². The smallest absolute Gasteiger partial charge is 0.253 e. The summed E-state index contributed by atoms with van der Waals surface area (Å²) in [6, 6.07) is 4.96. The number of nitrogen functional groups attached to an aromatic ring is 1. The third kappa shape index (κ3) is 3.07. The van der Waals surface area contributed by atoms with Crippen LogP contribution in [-0.4, -0.2) is 29.9 Å². The molecule has 0 radical (unpaired) electrons. The van der Waals surface area contributed by atoms with Crippen LogP contribution in [0.25, 0.3) is 0 Å². The Morgan fingerprint density at radius 1 is 1.33 bits per heavy atom. The first kappa shape index (κ1) is 14.7. The average molecular weight is 290 g/mol. The topological polar surface area (TPSA) is 91.4 Å². The van der Waals surface area contributed by atoms with Gasteiger partial charge in [-0.25, -0.2) is 0 Å². The Morgan fingerprint density at radius 3 is 2.57 bits per heavy atom. The second kappa shape index (κ2) is 6.17. The fourth-order valence-corrected chi connectivity index (χ4v) is 1.93. The zero-order chi connectivity index (χ0) is 15.4. The number of aromatic nitrogens is 2.